The molecule has 1 saturated carbocycles. The van der Waals surface area contributed by atoms with Gasteiger partial charge in [0, 0.05) is 17.2 Å². The highest BCUT2D eigenvalue weighted by molar-refractivity contribution is 5.99. The molecule has 1 aromatic heterocycles. The molecule has 0 bridgehead atoms. The predicted molar refractivity (Wildman–Crippen MR) is 90.0 cm³/mol. The number of carbonyl (C=O) groups excluding carboxylic acids is 1. The number of nitrogens with zero attached hydrogens (tertiary/aromatic N) is 1. The van der Waals surface area contributed by atoms with E-state index >= 15 is 0 Å². The Morgan fingerprint density at radius 2 is 2.04 bits per heavy atom. The third-order valence-corrected chi connectivity index (χ3v) is 4.23. The summed E-state index contributed by atoms with van der Waals surface area (Å²) < 4.78 is 5.77. The summed E-state index contributed by atoms with van der Waals surface area (Å²) >= 11 is 0. The van der Waals surface area contributed by atoms with Crippen LogP contribution in [0, 0.1) is 5.92 Å². The van der Waals surface area contributed by atoms with E-state index in [2.05, 4.69) is 23.8 Å². The molecule has 0 unspecified atom stereocenters. The predicted octanol–water partition coefficient (Wildman–Crippen LogP) is 4.14. The fraction of sp³-hybridized carbons (Fsp3) is 0.474. The lowest BCUT2D eigenvalue weighted by Gasteiger charge is -2.08. The minimum Gasteiger partial charge on any atom is -0.494 e. The van der Waals surface area contributed by atoms with Crippen LogP contribution in [0.15, 0.2) is 30.6 Å². The van der Waals surface area contributed by atoms with E-state index in [0.29, 0.717) is 12.5 Å². The van der Waals surface area contributed by atoms with Crippen molar-refractivity contribution in [3.05, 3.63) is 47.5 Å². The van der Waals surface area contributed by atoms with Gasteiger partial charge in [-0.2, -0.15) is 0 Å². The quantitative estimate of drug-likeness (QED) is 0.589. The molecule has 0 radical (unpaired) electrons. The van der Waals surface area contributed by atoms with Gasteiger partial charge in [-0.1, -0.05) is 13.8 Å². The largest absolute Gasteiger partial charge is 0.494 e. The van der Waals surface area contributed by atoms with Crippen LogP contribution in [0.1, 0.15) is 60.8 Å². The Labute approximate surface area is 137 Å². The summed E-state index contributed by atoms with van der Waals surface area (Å²) in [5.74, 6) is 1.81. The summed E-state index contributed by atoms with van der Waals surface area (Å²) in [4.78, 5) is 19.5. The summed E-state index contributed by atoms with van der Waals surface area (Å²) in [6, 6.07) is 7.54. The van der Waals surface area contributed by atoms with Crippen LogP contribution in [0.5, 0.6) is 5.75 Å². The molecule has 1 heterocycles. The Kier molecular flexibility index (Phi) is 4.79. The van der Waals surface area contributed by atoms with E-state index in [1.807, 2.05) is 24.3 Å². The second kappa shape index (κ2) is 6.99. The molecule has 4 heteroatoms. The van der Waals surface area contributed by atoms with Gasteiger partial charge in [-0.25, -0.2) is 4.98 Å². The molecule has 1 aromatic carbocycles. The van der Waals surface area contributed by atoms with Crippen LogP contribution >= 0.6 is 0 Å². The van der Waals surface area contributed by atoms with Crippen LogP contribution in [0.3, 0.4) is 0 Å². The number of imidazole rings is 1. The van der Waals surface area contributed by atoms with Gasteiger partial charge < -0.3 is 9.72 Å². The molecule has 0 amide bonds. The first-order valence-electron chi connectivity index (χ1n) is 8.44. The standard InChI is InChI=1S/C19H24N2O2/c1-13(2)18-17(20-12-21-18)4-3-11-23-16-9-7-15(8-10-16)19(22)14-5-6-14/h7-10,12-14H,3-6,11H2,1-2H3,(H,20,21). The number of nitrogens with one attached hydrogen (secondary N) is 1. The number of ketones is 1. The number of H-pyrrole nitrogens is 1. The second-order valence-corrected chi connectivity index (χ2v) is 6.54. The first-order valence-corrected chi connectivity index (χ1v) is 8.44. The smallest absolute Gasteiger partial charge is 0.165 e. The third-order valence-electron chi connectivity index (χ3n) is 4.23. The van der Waals surface area contributed by atoms with Gasteiger partial charge in [-0.15, -0.1) is 0 Å². The van der Waals surface area contributed by atoms with Crippen molar-refractivity contribution in [2.45, 2.75) is 45.4 Å². The van der Waals surface area contributed by atoms with Gasteiger partial charge in [0.15, 0.2) is 5.78 Å². The topological polar surface area (TPSA) is 55.0 Å². The number of aromatic nitrogens is 2. The first kappa shape index (κ1) is 15.8. The highest BCUT2D eigenvalue weighted by atomic mass is 16.5. The minimum absolute atomic E-state index is 0.270. The lowest BCUT2D eigenvalue weighted by molar-refractivity contribution is 0.0967. The van der Waals surface area contributed by atoms with Gasteiger partial charge in [0.25, 0.3) is 0 Å². The number of aryl methyl sites for hydroxylation is 1. The minimum atomic E-state index is 0.270. The van der Waals surface area contributed by atoms with E-state index < -0.39 is 0 Å². The normalized spacial score (nSPS) is 14.2. The third kappa shape index (κ3) is 4.01. The SMILES string of the molecule is CC(C)c1nc[nH]c1CCCOc1ccc(C(=O)C2CC2)cc1. The molecule has 0 saturated heterocycles. The number of ether oxygens (including phenoxy) is 1. The fourth-order valence-corrected chi connectivity index (χ4v) is 2.76. The Hall–Kier alpha value is -2.10. The highest BCUT2D eigenvalue weighted by Gasteiger charge is 2.30. The van der Waals surface area contributed by atoms with E-state index in [-0.39, 0.29) is 11.7 Å². The van der Waals surface area contributed by atoms with Gasteiger partial charge in [0.05, 0.1) is 18.6 Å². The molecule has 23 heavy (non-hydrogen) atoms. The van der Waals surface area contributed by atoms with Crippen molar-refractivity contribution in [2.24, 2.45) is 5.92 Å². The zero-order chi connectivity index (χ0) is 16.2. The Bertz CT molecular complexity index is 654. The number of carbonyl (C=O) groups is 1. The molecule has 1 N–H and O–H groups in total. The zero-order valence-electron chi connectivity index (χ0n) is 13.8. The number of hydrogen-bond donors (Lipinski definition) is 1. The van der Waals surface area contributed by atoms with E-state index in [0.717, 1.165) is 42.7 Å². The van der Waals surface area contributed by atoms with Crippen LogP contribution in [-0.4, -0.2) is 22.4 Å². The molecular weight excluding hydrogens is 288 g/mol. The summed E-state index contributed by atoms with van der Waals surface area (Å²) in [5.41, 5.74) is 3.15. The molecule has 1 fully saturated rings. The monoisotopic (exact) mass is 312 g/mol. The van der Waals surface area contributed by atoms with Crippen molar-refractivity contribution in [2.75, 3.05) is 6.61 Å². The molecule has 122 valence electrons. The second-order valence-electron chi connectivity index (χ2n) is 6.54. The number of benzene rings is 1. The molecule has 2 aromatic rings. The van der Waals surface area contributed by atoms with Crippen LogP contribution in [0.4, 0.5) is 0 Å². The van der Waals surface area contributed by atoms with E-state index in [1.54, 1.807) is 6.33 Å². The van der Waals surface area contributed by atoms with Crippen molar-refractivity contribution in [1.82, 2.24) is 9.97 Å². The van der Waals surface area contributed by atoms with Crippen molar-refractivity contribution in [3.8, 4) is 5.75 Å². The summed E-state index contributed by atoms with van der Waals surface area (Å²) in [6.45, 7) is 4.97. The number of Topliss-reactive ketones (excluding diaryl/α,β-unsaturated/α-hetero) is 1. The zero-order valence-corrected chi connectivity index (χ0v) is 13.8. The molecule has 0 atom stereocenters. The lowest BCUT2D eigenvalue weighted by atomic mass is 10.1. The molecule has 1 aliphatic carbocycles. The summed E-state index contributed by atoms with van der Waals surface area (Å²) in [5, 5.41) is 0. The number of aromatic amines is 1. The van der Waals surface area contributed by atoms with Crippen LogP contribution < -0.4 is 4.74 Å². The van der Waals surface area contributed by atoms with E-state index in [4.69, 9.17) is 4.74 Å². The van der Waals surface area contributed by atoms with Crippen LogP contribution in [0.2, 0.25) is 0 Å². The number of hydrogen-bond acceptors (Lipinski definition) is 3. The lowest BCUT2D eigenvalue weighted by Crippen LogP contribution is -2.03. The van der Waals surface area contributed by atoms with Gasteiger partial charge >= 0.3 is 0 Å². The molecule has 0 spiro atoms. The van der Waals surface area contributed by atoms with Gasteiger partial charge in [-0.05, 0) is 55.9 Å². The van der Waals surface area contributed by atoms with Crippen molar-refractivity contribution >= 4 is 5.78 Å². The van der Waals surface area contributed by atoms with Gasteiger partial charge in [-0.3, -0.25) is 4.79 Å². The summed E-state index contributed by atoms with van der Waals surface area (Å²) in [7, 11) is 0. The molecule has 4 nitrogen and oxygen atoms in total. The Morgan fingerprint density at radius 1 is 1.30 bits per heavy atom. The Morgan fingerprint density at radius 3 is 2.70 bits per heavy atom. The molecule has 0 aliphatic heterocycles. The summed E-state index contributed by atoms with van der Waals surface area (Å²) in [6.07, 6.45) is 5.73. The van der Waals surface area contributed by atoms with Gasteiger partial charge in [0.2, 0.25) is 0 Å². The van der Waals surface area contributed by atoms with Crippen molar-refractivity contribution in [1.29, 1.82) is 0 Å². The fourth-order valence-electron chi connectivity index (χ4n) is 2.76. The first-order chi connectivity index (χ1) is 11.1. The van der Waals surface area contributed by atoms with E-state index in [1.165, 1.54) is 5.69 Å². The maximum absolute atomic E-state index is 11.9. The van der Waals surface area contributed by atoms with Crippen LogP contribution in [0.25, 0.3) is 0 Å². The average Bonchev–Trinajstić information content (AvgIpc) is 3.29. The molecular formula is C19H24N2O2. The number of rotatable bonds is 8. The molecule has 1 aliphatic rings. The maximum atomic E-state index is 11.9. The highest BCUT2D eigenvalue weighted by Crippen LogP contribution is 2.32. The Balaban J connectivity index is 1.45. The van der Waals surface area contributed by atoms with Crippen molar-refractivity contribution in [3.63, 3.8) is 0 Å². The van der Waals surface area contributed by atoms with Crippen molar-refractivity contribution < 1.29 is 9.53 Å². The maximum Gasteiger partial charge on any atom is 0.165 e. The van der Waals surface area contributed by atoms with Gasteiger partial charge in [0.1, 0.15) is 5.75 Å². The van der Waals surface area contributed by atoms with E-state index in [9.17, 15) is 4.79 Å². The van der Waals surface area contributed by atoms with Crippen LogP contribution in [-0.2, 0) is 6.42 Å². The molecule has 3 rings (SSSR count). The average molecular weight is 312 g/mol.